The van der Waals surface area contributed by atoms with E-state index < -0.39 is 84.3 Å². The van der Waals surface area contributed by atoms with Gasteiger partial charge in [0.25, 0.3) is 0 Å². The second-order valence-electron chi connectivity index (χ2n) is 15.0. The minimum atomic E-state index is -1.45. The Bertz CT molecular complexity index is 1620. The molecule has 0 spiro atoms. The van der Waals surface area contributed by atoms with E-state index in [2.05, 4.69) is 16.0 Å². The Labute approximate surface area is 316 Å². The Kier molecular flexibility index (Phi) is 13.7. The van der Waals surface area contributed by atoms with Crippen molar-refractivity contribution in [3.05, 3.63) is 42.0 Å². The third-order valence-electron chi connectivity index (χ3n) is 10.8. The first-order valence-corrected chi connectivity index (χ1v) is 19.3. The van der Waals surface area contributed by atoms with Crippen molar-refractivity contribution in [2.24, 2.45) is 5.92 Å². The van der Waals surface area contributed by atoms with Crippen molar-refractivity contribution in [3.8, 4) is 5.75 Å². The van der Waals surface area contributed by atoms with Gasteiger partial charge in [0.15, 0.2) is 0 Å². The van der Waals surface area contributed by atoms with Crippen molar-refractivity contribution in [1.82, 2.24) is 30.7 Å². The van der Waals surface area contributed by atoms with Crippen LogP contribution in [0.2, 0.25) is 0 Å². The molecule has 5 rings (SSSR count). The number of amides is 6. The fourth-order valence-corrected chi connectivity index (χ4v) is 7.80. The van der Waals surface area contributed by atoms with Gasteiger partial charge >= 0.3 is 5.97 Å². The van der Waals surface area contributed by atoms with E-state index in [1.807, 2.05) is 13.8 Å². The summed E-state index contributed by atoms with van der Waals surface area (Å²) in [6.07, 6.45) is 8.24. The second kappa shape index (κ2) is 18.4. The molecule has 6 amide bonds. The smallest absolute Gasteiger partial charge is 0.328 e. The van der Waals surface area contributed by atoms with Gasteiger partial charge in [-0.05, 0) is 81.6 Å². The fraction of sp³-hybridized carbons (Fsp3) is 0.615. The summed E-state index contributed by atoms with van der Waals surface area (Å²) in [5, 5.41) is 18.3. The fourth-order valence-electron chi connectivity index (χ4n) is 7.80. The van der Waals surface area contributed by atoms with E-state index in [0.717, 1.165) is 12.8 Å². The Morgan fingerprint density at radius 1 is 0.944 bits per heavy atom. The van der Waals surface area contributed by atoms with E-state index in [9.17, 15) is 38.7 Å². The number of cyclic esters (lactones) is 1. The first-order valence-electron chi connectivity index (χ1n) is 19.3. The molecule has 0 aromatic heterocycles. The third kappa shape index (κ3) is 9.77. The summed E-state index contributed by atoms with van der Waals surface area (Å²) in [5.74, 6) is -3.91. The number of allylic oxidation sites excluding steroid dienone is 1. The lowest BCUT2D eigenvalue weighted by Gasteiger charge is -2.41. The van der Waals surface area contributed by atoms with Gasteiger partial charge in [-0.25, -0.2) is 4.79 Å². The number of carbonyl (C=O) groups excluding carboxylic acids is 7. The van der Waals surface area contributed by atoms with Crippen LogP contribution in [0.3, 0.4) is 0 Å². The third-order valence-corrected chi connectivity index (χ3v) is 10.8. The number of fused-ring (bicyclic) bond motifs is 3. The number of nitrogens with one attached hydrogen (secondary N) is 3. The molecule has 4 fully saturated rings. The maximum Gasteiger partial charge on any atom is 0.328 e. The second-order valence-corrected chi connectivity index (χ2v) is 15.0. The highest BCUT2D eigenvalue weighted by Crippen LogP contribution is 2.28. The summed E-state index contributed by atoms with van der Waals surface area (Å²) in [5.41, 5.74) is 0.543. The molecular formula is C39H54N6O9. The average Bonchev–Trinajstić information content (AvgIpc) is 3.84. The zero-order valence-electron chi connectivity index (χ0n) is 31.5. The van der Waals surface area contributed by atoms with Crippen LogP contribution < -0.4 is 16.0 Å². The zero-order chi connectivity index (χ0) is 38.9. The highest BCUT2D eigenvalue weighted by molar-refractivity contribution is 5.98. The maximum atomic E-state index is 14.4. The van der Waals surface area contributed by atoms with Crippen LogP contribution in [0.4, 0.5) is 0 Å². The van der Waals surface area contributed by atoms with Gasteiger partial charge in [0.2, 0.25) is 35.4 Å². The van der Waals surface area contributed by atoms with Crippen LogP contribution in [0.1, 0.15) is 84.1 Å². The summed E-state index contributed by atoms with van der Waals surface area (Å²) < 4.78 is 5.68. The first kappa shape index (κ1) is 40.2. The van der Waals surface area contributed by atoms with Gasteiger partial charge in [-0.15, -0.1) is 0 Å². The van der Waals surface area contributed by atoms with E-state index >= 15 is 0 Å². The minimum Gasteiger partial charge on any atom is -0.508 e. The lowest BCUT2D eigenvalue weighted by molar-refractivity contribution is -0.158. The Balaban J connectivity index is 1.45. The van der Waals surface area contributed by atoms with Gasteiger partial charge < -0.3 is 40.5 Å². The summed E-state index contributed by atoms with van der Waals surface area (Å²) in [4.78, 5) is 101. The van der Waals surface area contributed by atoms with Crippen LogP contribution in [0.25, 0.3) is 0 Å². The quantitative estimate of drug-likeness (QED) is 0.164. The Morgan fingerprint density at radius 3 is 2.37 bits per heavy atom. The number of hydrogen-bond donors (Lipinski definition) is 4. The van der Waals surface area contributed by atoms with Crippen LogP contribution in [0.15, 0.2) is 36.4 Å². The molecule has 1 aromatic carbocycles. The molecule has 4 heterocycles. The summed E-state index contributed by atoms with van der Waals surface area (Å²) >= 11 is 0. The highest BCUT2D eigenvalue weighted by Gasteiger charge is 2.46. The first-order chi connectivity index (χ1) is 25.9. The molecule has 15 heteroatoms. The molecule has 4 saturated heterocycles. The highest BCUT2D eigenvalue weighted by atomic mass is 16.5. The average molecular weight is 751 g/mol. The van der Waals surface area contributed by atoms with Gasteiger partial charge in [-0.2, -0.15) is 0 Å². The molecule has 54 heavy (non-hydrogen) atoms. The van der Waals surface area contributed by atoms with Gasteiger partial charge in [0.05, 0.1) is 0 Å². The lowest BCUT2D eigenvalue weighted by atomic mass is 9.91. The van der Waals surface area contributed by atoms with E-state index in [-0.39, 0.29) is 31.2 Å². The monoisotopic (exact) mass is 750 g/mol. The molecule has 4 aliphatic heterocycles. The van der Waals surface area contributed by atoms with Crippen LogP contribution >= 0.6 is 0 Å². The van der Waals surface area contributed by atoms with Crippen molar-refractivity contribution in [1.29, 1.82) is 0 Å². The predicted octanol–water partition coefficient (Wildman–Crippen LogP) is 1.32. The largest absolute Gasteiger partial charge is 0.508 e. The number of aromatic hydroxyl groups is 1. The van der Waals surface area contributed by atoms with Crippen molar-refractivity contribution in [2.75, 3.05) is 26.2 Å². The standard InChI is InChI=1S/C39H54N6O9/c1-4-5-6-7-15-33(47)41-28(22-26-11-8-12-27(46)21-26)34(48)42-29-23-54-39(53)31-14-10-18-44(31)36(50)25(3)40-35(49)32-20-24(2)16-19-45(32)38(52)30-13-9-17-43(30)37(29)51/h7-8,11-12,15,21,24-25,28-32,46H,4-6,9-10,13-14,16-20,22-23H2,1-3H3,(H,40,49)(H,41,47)(H,42,48)/b15-7+/t24?,25-,28-,29-,30+,31+,32+/m0/s1. The van der Waals surface area contributed by atoms with Crippen molar-refractivity contribution in [2.45, 2.75) is 121 Å². The molecule has 0 aliphatic carbocycles. The molecule has 0 radical (unpaired) electrons. The number of hydrogen-bond acceptors (Lipinski definition) is 9. The van der Waals surface area contributed by atoms with E-state index in [1.54, 1.807) is 25.1 Å². The predicted molar refractivity (Wildman–Crippen MR) is 196 cm³/mol. The Morgan fingerprint density at radius 2 is 1.65 bits per heavy atom. The molecule has 0 saturated carbocycles. The number of phenols is 1. The van der Waals surface area contributed by atoms with Crippen molar-refractivity contribution >= 4 is 41.4 Å². The molecule has 0 bridgehead atoms. The summed E-state index contributed by atoms with van der Waals surface area (Å²) in [6, 6.07) is -0.112. The van der Waals surface area contributed by atoms with Gasteiger partial charge in [-0.1, -0.05) is 44.9 Å². The molecule has 15 nitrogen and oxygen atoms in total. The maximum absolute atomic E-state index is 14.4. The normalized spacial score (nSPS) is 27.5. The molecule has 7 atom stereocenters. The number of phenolic OH excluding ortho intramolecular Hbond substituents is 1. The van der Waals surface area contributed by atoms with Crippen LogP contribution in [-0.4, -0.2) is 124 Å². The number of esters is 1. The Hall–Kier alpha value is -4.95. The summed E-state index contributed by atoms with van der Waals surface area (Å²) in [7, 11) is 0. The number of carbonyl (C=O) groups is 7. The molecule has 4 aliphatic rings. The van der Waals surface area contributed by atoms with E-state index in [0.29, 0.717) is 57.1 Å². The zero-order valence-corrected chi connectivity index (χ0v) is 31.5. The molecule has 4 N–H and O–H groups in total. The van der Waals surface area contributed by atoms with E-state index in [4.69, 9.17) is 4.74 Å². The topological polar surface area (TPSA) is 195 Å². The molecular weight excluding hydrogens is 696 g/mol. The molecule has 294 valence electrons. The van der Waals surface area contributed by atoms with Crippen molar-refractivity contribution in [3.63, 3.8) is 0 Å². The number of benzene rings is 1. The van der Waals surface area contributed by atoms with E-state index in [1.165, 1.54) is 32.9 Å². The van der Waals surface area contributed by atoms with Crippen LogP contribution in [0, 0.1) is 5.92 Å². The molecule has 1 aromatic rings. The minimum absolute atomic E-state index is 0.0291. The molecule has 1 unspecified atom stereocenters. The van der Waals surface area contributed by atoms with Crippen LogP contribution in [-0.2, 0) is 44.7 Å². The van der Waals surface area contributed by atoms with Gasteiger partial charge in [-0.3, -0.25) is 28.8 Å². The number of nitrogens with zero attached hydrogens (tertiary/aromatic N) is 3. The lowest BCUT2D eigenvalue weighted by Crippen LogP contribution is -2.62. The number of rotatable bonds is 9. The number of piperidine rings is 1. The number of ether oxygens (including phenoxy) is 1. The summed E-state index contributed by atoms with van der Waals surface area (Å²) in [6.45, 7) is 5.77. The van der Waals surface area contributed by atoms with Crippen LogP contribution in [0.5, 0.6) is 5.75 Å². The SMILES string of the molecule is CCCC/C=C/C(=O)N[C@@H](Cc1cccc(O)c1)C(=O)N[C@H]1COC(=O)[C@H]2CCCN2C(=O)[C@H](C)NC(=O)[C@H]2CC(C)CCN2C(=O)[C@H]2CCCN2C1=O. The van der Waals surface area contributed by atoms with Gasteiger partial charge in [0.1, 0.15) is 48.6 Å². The van der Waals surface area contributed by atoms with Gasteiger partial charge in [0, 0.05) is 26.1 Å². The number of unbranched alkanes of at least 4 members (excludes halogenated alkanes) is 2. The van der Waals surface area contributed by atoms with Crippen molar-refractivity contribution < 1.29 is 43.4 Å².